The molecule has 0 bridgehead atoms. The van der Waals surface area contributed by atoms with E-state index in [4.69, 9.17) is 14.2 Å². The maximum Gasteiger partial charge on any atom is 0.163 e. The van der Waals surface area contributed by atoms with E-state index in [1.165, 1.54) is 0 Å². The molecule has 2 heterocycles. The molecule has 2 aliphatic carbocycles. The zero-order chi connectivity index (χ0) is 20.9. The molecular weight excluding hydrogens is 356 g/mol. The number of hydrogen-bond acceptors (Lipinski definition) is 5. The predicted octanol–water partition coefficient (Wildman–Crippen LogP) is 3.63. The molecule has 4 fully saturated rings. The number of aliphatic hydroxyl groups excluding tert-OH is 1. The number of rotatable bonds is 1. The lowest BCUT2D eigenvalue weighted by Gasteiger charge is -2.67. The van der Waals surface area contributed by atoms with Crippen LogP contribution in [0.2, 0.25) is 0 Å². The lowest BCUT2D eigenvalue weighted by Crippen LogP contribution is -2.76. The second-order valence-electron chi connectivity index (χ2n) is 11.3. The molecule has 0 amide bonds. The molecule has 0 spiro atoms. The molecule has 158 valence electrons. The third-order valence-electron chi connectivity index (χ3n) is 8.24. The Kier molecular flexibility index (Phi) is 4.17. The van der Waals surface area contributed by atoms with Crippen molar-refractivity contribution >= 4 is 5.78 Å². The number of ketones is 1. The molecule has 2 saturated carbocycles. The topological polar surface area (TPSA) is 65.0 Å². The lowest BCUT2D eigenvalue weighted by molar-refractivity contribution is -0.300. The normalized spacial score (nSPS) is 54.4. The molecule has 0 unspecified atom stereocenters. The highest BCUT2D eigenvalue weighted by atomic mass is 16.8. The number of fused-ring (bicyclic) bond motifs is 6. The van der Waals surface area contributed by atoms with Gasteiger partial charge in [-0.3, -0.25) is 4.79 Å². The van der Waals surface area contributed by atoms with Gasteiger partial charge in [-0.1, -0.05) is 26.8 Å². The maximum atomic E-state index is 13.6. The summed E-state index contributed by atoms with van der Waals surface area (Å²) in [6.07, 6.45) is 2.37. The number of hydrogen-bond donors (Lipinski definition) is 1. The van der Waals surface area contributed by atoms with Gasteiger partial charge in [0.05, 0.1) is 23.7 Å². The first-order valence-electron chi connectivity index (χ1n) is 10.6. The summed E-state index contributed by atoms with van der Waals surface area (Å²) in [5, 5.41) is 11.3. The van der Waals surface area contributed by atoms with Gasteiger partial charge in [0.25, 0.3) is 0 Å². The second kappa shape index (κ2) is 5.69. The van der Waals surface area contributed by atoms with Crippen molar-refractivity contribution in [2.75, 3.05) is 0 Å². The Labute approximate surface area is 168 Å². The average Bonchev–Trinajstić information content (AvgIpc) is 2.86. The molecule has 4 aliphatic rings. The minimum Gasteiger partial charge on any atom is -0.393 e. The summed E-state index contributed by atoms with van der Waals surface area (Å²) in [4.78, 5) is 13.6. The Balaban J connectivity index is 1.94. The van der Waals surface area contributed by atoms with Crippen molar-refractivity contribution in [2.45, 2.75) is 103 Å². The van der Waals surface area contributed by atoms with Crippen molar-refractivity contribution in [3.8, 4) is 0 Å². The lowest BCUT2D eigenvalue weighted by atomic mass is 9.42. The monoisotopic (exact) mass is 392 g/mol. The molecule has 0 aromatic rings. The summed E-state index contributed by atoms with van der Waals surface area (Å²) < 4.78 is 19.6. The fourth-order valence-corrected chi connectivity index (χ4v) is 7.34. The second-order valence-corrected chi connectivity index (χ2v) is 11.3. The molecule has 28 heavy (non-hydrogen) atoms. The summed E-state index contributed by atoms with van der Waals surface area (Å²) in [6, 6.07) is 0. The van der Waals surface area contributed by atoms with Crippen LogP contribution in [0.15, 0.2) is 12.7 Å². The third kappa shape index (κ3) is 2.49. The van der Waals surface area contributed by atoms with Gasteiger partial charge in [-0.15, -0.1) is 6.58 Å². The highest BCUT2D eigenvalue weighted by Crippen LogP contribution is 2.67. The molecule has 4 rings (SSSR count). The molecule has 1 N–H and O–H groups in total. The van der Waals surface area contributed by atoms with E-state index in [1.807, 2.05) is 27.7 Å². The van der Waals surface area contributed by atoms with Crippen molar-refractivity contribution < 1.29 is 24.1 Å². The van der Waals surface area contributed by atoms with Crippen LogP contribution < -0.4 is 0 Å². The van der Waals surface area contributed by atoms with Crippen LogP contribution in [-0.2, 0) is 19.0 Å². The van der Waals surface area contributed by atoms with E-state index in [-0.39, 0.29) is 35.7 Å². The van der Waals surface area contributed by atoms with Gasteiger partial charge >= 0.3 is 0 Å². The maximum absolute atomic E-state index is 13.6. The van der Waals surface area contributed by atoms with Gasteiger partial charge in [-0.05, 0) is 46.0 Å². The minimum absolute atomic E-state index is 0.00534. The van der Waals surface area contributed by atoms with Gasteiger partial charge in [0.1, 0.15) is 17.5 Å². The third-order valence-corrected chi connectivity index (χ3v) is 8.24. The Morgan fingerprint density at radius 2 is 1.75 bits per heavy atom. The first-order chi connectivity index (χ1) is 12.7. The van der Waals surface area contributed by atoms with Gasteiger partial charge in [-0.2, -0.15) is 0 Å². The van der Waals surface area contributed by atoms with Gasteiger partial charge in [0.2, 0.25) is 0 Å². The van der Waals surface area contributed by atoms with Gasteiger partial charge < -0.3 is 19.3 Å². The van der Waals surface area contributed by atoms with E-state index in [0.717, 1.165) is 6.42 Å². The van der Waals surface area contributed by atoms with Gasteiger partial charge in [0.15, 0.2) is 5.79 Å². The molecule has 2 aliphatic heterocycles. The predicted molar refractivity (Wildman–Crippen MR) is 106 cm³/mol. The van der Waals surface area contributed by atoms with E-state index in [0.29, 0.717) is 6.42 Å². The van der Waals surface area contributed by atoms with Crippen LogP contribution in [0.25, 0.3) is 0 Å². The first kappa shape index (κ1) is 20.5. The van der Waals surface area contributed by atoms with Crippen molar-refractivity contribution in [3.63, 3.8) is 0 Å². The first-order valence-corrected chi connectivity index (χ1v) is 10.6. The van der Waals surface area contributed by atoms with Crippen LogP contribution in [0.1, 0.15) is 67.7 Å². The Hall–Kier alpha value is -0.750. The Morgan fingerprint density at radius 3 is 2.36 bits per heavy atom. The molecule has 5 nitrogen and oxygen atoms in total. The summed E-state index contributed by atoms with van der Waals surface area (Å²) in [7, 11) is 0. The molecule has 0 aromatic carbocycles. The molecule has 2 saturated heterocycles. The fourth-order valence-electron chi connectivity index (χ4n) is 7.34. The smallest absolute Gasteiger partial charge is 0.163 e. The van der Waals surface area contributed by atoms with E-state index < -0.39 is 34.4 Å². The van der Waals surface area contributed by atoms with E-state index in [9.17, 15) is 9.90 Å². The van der Waals surface area contributed by atoms with E-state index >= 15 is 0 Å². The van der Waals surface area contributed by atoms with Crippen molar-refractivity contribution in [2.24, 2.45) is 22.7 Å². The van der Waals surface area contributed by atoms with Crippen LogP contribution in [-0.4, -0.2) is 46.2 Å². The van der Waals surface area contributed by atoms with Crippen molar-refractivity contribution in [3.05, 3.63) is 12.7 Å². The molecule has 8 atom stereocenters. The summed E-state index contributed by atoms with van der Waals surface area (Å²) in [6.45, 7) is 18.2. The van der Waals surface area contributed by atoms with Crippen LogP contribution >= 0.6 is 0 Å². The number of Topliss-reactive ketones (excluding diaryl/α,β-unsaturated/α-hetero) is 1. The minimum atomic E-state index is -0.892. The van der Waals surface area contributed by atoms with E-state index in [1.54, 1.807) is 6.08 Å². The molecule has 5 heteroatoms. The fraction of sp³-hybridized carbons (Fsp3) is 0.870. The Bertz CT molecular complexity index is 714. The largest absolute Gasteiger partial charge is 0.393 e. The zero-order valence-electron chi connectivity index (χ0n) is 18.4. The van der Waals surface area contributed by atoms with Crippen molar-refractivity contribution in [1.82, 2.24) is 0 Å². The number of carbonyl (C=O) groups excluding carboxylic acids is 1. The number of ether oxygens (including phenoxy) is 3. The average molecular weight is 393 g/mol. The van der Waals surface area contributed by atoms with Crippen LogP contribution in [0.4, 0.5) is 0 Å². The highest BCUT2D eigenvalue weighted by Gasteiger charge is 2.75. The Morgan fingerprint density at radius 1 is 1.11 bits per heavy atom. The summed E-state index contributed by atoms with van der Waals surface area (Å²) in [5.41, 5.74) is -2.36. The van der Waals surface area contributed by atoms with Gasteiger partial charge in [-0.25, -0.2) is 0 Å². The van der Waals surface area contributed by atoms with E-state index in [2.05, 4.69) is 27.4 Å². The zero-order valence-corrected chi connectivity index (χ0v) is 18.4. The molecule has 0 radical (unpaired) electrons. The molecule has 0 aromatic heterocycles. The summed E-state index contributed by atoms with van der Waals surface area (Å²) >= 11 is 0. The number of aliphatic hydroxyl groups is 1. The van der Waals surface area contributed by atoms with Crippen molar-refractivity contribution in [1.29, 1.82) is 0 Å². The molecular formula is C23H36O5. The van der Waals surface area contributed by atoms with Gasteiger partial charge in [0, 0.05) is 17.8 Å². The SMILES string of the molecule is C=C[C@@]1(C)CC(=O)[C@H]2[C@](C)(O1)[C@H]1OC(C)(C)O[C@H]1[C@H]1C(C)(C)CC[C@H](O)[C@@]12C. The van der Waals surface area contributed by atoms with Crippen LogP contribution in [0.3, 0.4) is 0 Å². The standard InChI is InChI=1S/C23H36O5/c1-9-21(6)12-13(24)16-22(7)14(25)10-11-19(2,3)17(22)15-18(23(16,8)28-21)27-20(4,5)26-15/h9,14-18,25H,1,10-12H2,2-8H3/t14-,15-,16+,17-,18-,21-,22+,23-/m0/s1. The highest BCUT2D eigenvalue weighted by molar-refractivity contribution is 5.86. The summed E-state index contributed by atoms with van der Waals surface area (Å²) in [5.74, 6) is -1.09. The van der Waals surface area contributed by atoms with Crippen LogP contribution in [0.5, 0.6) is 0 Å². The van der Waals surface area contributed by atoms with Crippen LogP contribution in [0, 0.1) is 22.7 Å². The quantitative estimate of drug-likeness (QED) is 0.690. The number of carbonyl (C=O) groups is 1.